The number of nitrogens with zero attached hydrogens (tertiary/aromatic N) is 2. The molecule has 0 fully saturated rings. The lowest BCUT2D eigenvalue weighted by molar-refractivity contribution is 0.323. The van der Waals surface area contributed by atoms with Crippen LogP contribution in [0.4, 0.5) is 11.5 Å². The predicted molar refractivity (Wildman–Crippen MR) is 121 cm³/mol. The predicted octanol–water partition coefficient (Wildman–Crippen LogP) is 4.27. The van der Waals surface area contributed by atoms with Crippen molar-refractivity contribution >= 4 is 22.5 Å². The molecule has 5 rings (SSSR count). The van der Waals surface area contributed by atoms with Crippen LogP contribution in [0, 0.1) is 0 Å². The Bertz CT molecular complexity index is 1360. The molecule has 4 aromatic rings. The van der Waals surface area contributed by atoms with Gasteiger partial charge in [-0.1, -0.05) is 12.1 Å². The van der Waals surface area contributed by atoms with E-state index in [-0.39, 0.29) is 0 Å². The molecule has 3 heterocycles. The minimum absolute atomic E-state index is 0.403. The topological polar surface area (TPSA) is 87.8 Å². The van der Waals surface area contributed by atoms with Crippen molar-refractivity contribution in [3.63, 3.8) is 0 Å². The average molecular weight is 433 g/mol. The summed E-state index contributed by atoms with van der Waals surface area (Å²) in [6.45, 7) is 2.70. The highest BCUT2D eigenvalue weighted by Gasteiger charge is 2.35. The Kier molecular flexibility index (Phi) is 4.77. The van der Waals surface area contributed by atoms with E-state index in [1.807, 2.05) is 41.9 Å². The Hall–Kier alpha value is -3.94. The van der Waals surface area contributed by atoms with Crippen LogP contribution in [0.15, 0.2) is 51.8 Å². The lowest BCUT2D eigenvalue weighted by Crippen LogP contribution is -2.23. The number of methoxy groups -OCH3 is 3. The molecule has 0 saturated heterocycles. The molecule has 0 saturated carbocycles. The second-order valence-electron chi connectivity index (χ2n) is 7.46. The molecule has 1 N–H and O–H groups in total. The number of nitrogens with one attached hydrogen (secondary N) is 1. The zero-order chi connectivity index (χ0) is 22.4. The number of hydrogen-bond acceptors (Lipinski definition) is 7. The first-order chi connectivity index (χ1) is 15.6. The van der Waals surface area contributed by atoms with Crippen LogP contribution in [0.2, 0.25) is 0 Å². The molecule has 8 nitrogen and oxygen atoms in total. The third kappa shape index (κ3) is 2.83. The van der Waals surface area contributed by atoms with E-state index in [0.717, 1.165) is 28.0 Å². The normalized spacial score (nSPS) is 14.4. The molecule has 0 amide bonds. The van der Waals surface area contributed by atoms with Gasteiger partial charge < -0.3 is 23.9 Å². The molecular formula is C24H23N3O5. The molecule has 1 aliphatic heterocycles. The highest BCUT2D eigenvalue weighted by Crippen LogP contribution is 2.49. The average Bonchev–Trinajstić information content (AvgIpc) is 3.24. The maximum atomic E-state index is 13.3. The van der Waals surface area contributed by atoms with Gasteiger partial charge in [-0.3, -0.25) is 0 Å². The minimum atomic E-state index is -0.434. The van der Waals surface area contributed by atoms with Gasteiger partial charge in [0.2, 0.25) is 5.75 Å². The van der Waals surface area contributed by atoms with Crippen molar-refractivity contribution in [2.45, 2.75) is 19.4 Å². The lowest BCUT2D eigenvalue weighted by Gasteiger charge is -2.28. The van der Waals surface area contributed by atoms with Crippen molar-refractivity contribution in [3.05, 3.63) is 69.7 Å². The number of ether oxygens (including phenoxy) is 3. The van der Waals surface area contributed by atoms with Gasteiger partial charge >= 0.3 is 5.63 Å². The second kappa shape index (κ2) is 7.64. The molecule has 32 heavy (non-hydrogen) atoms. The zero-order valence-electron chi connectivity index (χ0n) is 18.3. The van der Waals surface area contributed by atoms with E-state index in [2.05, 4.69) is 10.4 Å². The highest BCUT2D eigenvalue weighted by molar-refractivity contribution is 5.95. The quantitative estimate of drug-likeness (QED) is 0.414. The minimum Gasteiger partial charge on any atom is -0.493 e. The molecule has 2 aromatic heterocycles. The van der Waals surface area contributed by atoms with Crippen LogP contribution in [0.5, 0.6) is 17.2 Å². The summed E-state index contributed by atoms with van der Waals surface area (Å²) >= 11 is 0. The summed E-state index contributed by atoms with van der Waals surface area (Å²) in [4.78, 5) is 13.3. The lowest BCUT2D eigenvalue weighted by atomic mass is 9.83. The standard InChI is InChI=1S/C24H23N3O5/c1-5-27-23-15(12-25-27)19(13-10-17(29-2)22(31-4)18(11-13)30-3)20-21(26-23)14-8-6-7-9-16(14)32-24(20)28/h6-12,19,26H,5H2,1-4H3. The molecule has 2 aromatic carbocycles. The van der Waals surface area contributed by atoms with Crippen LogP contribution >= 0.6 is 0 Å². The van der Waals surface area contributed by atoms with E-state index < -0.39 is 11.5 Å². The van der Waals surface area contributed by atoms with Gasteiger partial charge in [0.15, 0.2) is 11.5 Å². The number of anilines is 2. The summed E-state index contributed by atoms with van der Waals surface area (Å²) in [5.74, 6) is 1.92. The Morgan fingerprint density at radius 3 is 2.47 bits per heavy atom. The van der Waals surface area contributed by atoms with Gasteiger partial charge in [0.05, 0.1) is 38.8 Å². The first kappa shape index (κ1) is 20.0. The SMILES string of the molecule is CCn1ncc2c1Nc1c(c(=O)oc3ccccc13)C2c1cc(OC)c(OC)c(OC)c1. The van der Waals surface area contributed by atoms with Crippen LogP contribution < -0.4 is 25.2 Å². The Morgan fingerprint density at radius 2 is 1.81 bits per heavy atom. The summed E-state index contributed by atoms with van der Waals surface area (Å²) in [6, 6.07) is 11.2. The molecule has 1 atom stereocenters. The van der Waals surface area contributed by atoms with E-state index >= 15 is 0 Å². The molecule has 0 aliphatic carbocycles. The van der Waals surface area contributed by atoms with Crippen molar-refractivity contribution in [1.82, 2.24) is 9.78 Å². The van der Waals surface area contributed by atoms with Crippen LogP contribution in [-0.2, 0) is 6.54 Å². The van der Waals surface area contributed by atoms with Crippen molar-refractivity contribution in [2.75, 3.05) is 26.6 Å². The highest BCUT2D eigenvalue weighted by atomic mass is 16.5. The number of fused-ring (bicyclic) bond motifs is 4. The fourth-order valence-corrected chi connectivity index (χ4v) is 4.44. The molecular weight excluding hydrogens is 410 g/mol. The number of para-hydroxylation sites is 1. The summed E-state index contributed by atoms with van der Waals surface area (Å²) in [7, 11) is 4.70. The summed E-state index contributed by atoms with van der Waals surface area (Å²) in [6.07, 6.45) is 1.79. The molecule has 0 radical (unpaired) electrons. The van der Waals surface area contributed by atoms with E-state index in [4.69, 9.17) is 18.6 Å². The monoisotopic (exact) mass is 433 g/mol. The summed E-state index contributed by atoms with van der Waals surface area (Å²) in [5.41, 5.74) is 3.04. The van der Waals surface area contributed by atoms with Crippen molar-refractivity contribution in [2.24, 2.45) is 0 Å². The number of benzene rings is 2. The summed E-state index contributed by atoms with van der Waals surface area (Å²) < 4.78 is 24.2. The Labute approximate surface area is 184 Å². The third-order valence-corrected chi connectivity index (χ3v) is 5.88. The van der Waals surface area contributed by atoms with Gasteiger partial charge in [0.25, 0.3) is 0 Å². The van der Waals surface area contributed by atoms with Gasteiger partial charge in [-0.2, -0.15) is 5.10 Å². The zero-order valence-corrected chi connectivity index (χ0v) is 18.3. The first-order valence-corrected chi connectivity index (χ1v) is 10.3. The van der Waals surface area contributed by atoms with Gasteiger partial charge in [-0.15, -0.1) is 0 Å². The van der Waals surface area contributed by atoms with Gasteiger partial charge in [-0.05, 0) is 36.8 Å². The number of aryl methyl sites for hydroxylation is 1. The van der Waals surface area contributed by atoms with E-state index in [9.17, 15) is 4.79 Å². The maximum absolute atomic E-state index is 13.3. The fourth-order valence-electron chi connectivity index (χ4n) is 4.44. The van der Waals surface area contributed by atoms with Crippen LogP contribution in [0.3, 0.4) is 0 Å². The fraction of sp³-hybridized carbons (Fsp3) is 0.250. The number of aromatic nitrogens is 2. The van der Waals surface area contributed by atoms with Gasteiger partial charge in [0, 0.05) is 23.4 Å². The van der Waals surface area contributed by atoms with Crippen LogP contribution in [0.25, 0.3) is 11.0 Å². The number of hydrogen-bond donors (Lipinski definition) is 1. The maximum Gasteiger partial charge on any atom is 0.342 e. The van der Waals surface area contributed by atoms with E-state index in [1.54, 1.807) is 33.6 Å². The van der Waals surface area contributed by atoms with Crippen molar-refractivity contribution in [1.29, 1.82) is 0 Å². The Morgan fingerprint density at radius 1 is 1.09 bits per heavy atom. The summed E-state index contributed by atoms with van der Waals surface area (Å²) in [5, 5.41) is 8.82. The third-order valence-electron chi connectivity index (χ3n) is 5.88. The first-order valence-electron chi connectivity index (χ1n) is 10.3. The second-order valence-corrected chi connectivity index (χ2v) is 7.46. The van der Waals surface area contributed by atoms with E-state index in [1.165, 1.54) is 0 Å². The molecule has 0 bridgehead atoms. The molecule has 1 aliphatic rings. The van der Waals surface area contributed by atoms with Gasteiger partial charge in [0.1, 0.15) is 11.4 Å². The van der Waals surface area contributed by atoms with E-state index in [0.29, 0.717) is 34.9 Å². The van der Waals surface area contributed by atoms with Crippen molar-refractivity contribution in [3.8, 4) is 17.2 Å². The van der Waals surface area contributed by atoms with Crippen LogP contribution in [-0.4, -0.2) is 31.1 Å². The largest absolute Gasteiger partial charge is 0.493 e. The molecule has 8 heteroatoms. The molecule has 1 unspecified atom stereocenters. The van der Waals surface area contributed by atoms with Crippen LogP contribution in [0.1, 0.15) is 29.5 Å². The van der Waals surface area contributed by atoms with Gasteiger partial charge in [-0.25, -0.2) is 9.48 Å². The van der Waals surface area contributed by atoms with Crippen molar-refractivity contribution < 1.29 is 18.6 Å². The number of rotatable bonds is 5. The Balaban J connectivity index is 1.85. The molecule has 164 valence electrons. The molecule has 0 spiro atoms. The smallest absolute Gasteiger partial charge is 0.342 e.